The number of hydrogen-bond donors (Lipinski definition) is 1. The first-order valence-corrected chi connectivity index (χ1v) is 7.95. The lowest BCUT2D eigenvalue weighted by atomic mass is 10.2. The van der Waals surface area contributed by atoms with Crippen LogP contribution in [0.15, 0.2) is 5.38 Å². The summed E-state index contributed by atoms with van der Waals surface area (Å²) in [7, 11) is 1.83. The number of ether oxygens (including phenoxy) is 1. The predicted octanol–water partition coefficient (Wildman–Crippen LogP) is 2.03. The number of carbonyl (C=O) groups excluding carboxylic acids is 1. The van der Waals surface area contributed by atoms with Gasteiger partial charge in [-0.15, -0.1) is 23.7 Å². The van der Waals surface area contributed by atoms with Crippen LogP contribution in [0, 0.1) is 0 Å². The fourth-order valence-electron chi connectivity index (χ4n) is 2.09. The number of rotatable bonds is 5. The summed E-state index contributed by atoms with van der Waals surface area (Å²) in [6.45, 7) is 7.15. The van der Waals surface area contributed by atoms with Crippen molar-refractivity contribution in [1.29, 1.82) is 0 Å². The lowest BCUT2D eigenvalue weighted by molar-refractivity contribution is -0.134. The van der Waals surface area contributed by atoms with Crippen LogP contribution < -0.4 is 5.32 Å². The molecule has 0 aromatic carbocycles. The highest BCUT2D eigenvalue weighted by Crippen LogP contribution is 2.20. The third-order valence-electron chi connectivity index (χ3n) is 3.30. The number of thiazole rings is 1. The molecular weight excluding hydrogens is 310 g/mol. The lowest BCUT2D eigenvalue weighted by Gasteiger charge is -2.25. The Balaban J connectivity index is 0.00000220. The van der Waals surface area contributed by atoms with Gasteiger partial charge in [-0.05, 0) is 0 Å². The van der Waals surface area contributed by atoms with Crippen molar-refractivity contribution < 1.29 is 9.53 Å². The molecule has 0 bridgehead atoms. The van der Waals surface area contributed by atoms with Crippen LogP contribution in [0.1, 0.15) is 36.9 Å². The third kappa shape index (κ3) is 5.54. The number of aromatic nitrogens is 1. The Hall–Kier alpha value is -0.690. The molecule has 1 aromatic heterocycles. The van der Waals surface area contributed by atoms with E-state index < -0.39 is 0 Å². The predicted molar refractivity (Wildman–Crippen MR) is 87.2 cm³/mol. The number of nitrogens with one attached hydrogen (secondary N) is 1. The average molecular weight is 334 g/mol. The zero-order valence-corrected chi connectivity index (χ0v) is 14.4. The van der Waals surface area contributed by atoms with E-state index >= 15 is 0 Å². The standard InChI is InChI=1S/C14H23N3O2S.ClH/c1-10(2)14-16-11(9-20-14)8-17(3)13(18)6-12-7-15-4-5-19-12;/h9-10,12,15H,4-8H2,1-3H3;1H. The summed E-state index contributed by atoms with van der Waals surface area (Å²) in [6, 6.07) is 0. The van der Waals surface area contributed by atoms with Crippen molar-refractivity contribution in [2.75, 3.05) is 26.7 Å². The molecule has 2 heterocycles. The first-order valence-electron chi connectivity index (χ1n) is 7.07. The average Bonchev–Trinajstić information content (AvgIpc) is 2.88. The second-order valence-electron chi connectivity index (χ2n) is 5.48. The molecule has 21 heavy (non-hydrogen) atoms. The Labute approximate surface area is 136 Å². The number of amides is 1. The first-order chi connectivity index (χ1) is 9.56. The molecule has 1 atom stereocenters. The van der Waals surface area contributed by atoms with Gasteiger partial charge in [0.15, 0.2) is 0 Å². The maximum absolute atomic E-state index is 12.2. The molecule has 1 unspecified atom stereocenters. The van der Waals surface area contributed by atoms with Gasteiger partial charge in [0.1, 0.15) is 0 Å². The van der Waals surface area contributed by atoms with Crippen molar-refractivity contribution in [2.45, 2.75) is 38.8 Å². The lowest BCUT2D eigenvalue weighted by Crippen LogP contribution is -2.41. The van der Waals surface area contributed by atoms with Crippen molar-refractivity contribution in [3.8, 4) is 0 Å². The molecule has 7 heteroatoms. The van der Waals surface area contributed by atoms with Crippen molar-refractivity contribution in [3.05, 3.63) is 16.1 Å². The van der Waals surface area contributed by atoms with Gasteiger partial charge in [-0.1, -0.05) is 13.8 Å². The number of carbonyl (C=O) groups is 1. The Morgan fingerprint density at radius 1 is 1.62 bits per heavy atom. The van der Waals surface area contributed by atoms with E-state index in [-0.39, 0.29) is 24.4 Å². The maximum atomic E-state index is 12.2. The molecule has 1 saturated heterocycles. The van der Waals surface area contributed by atoms with Crippen molar-refractivity contribution in [3.63, 3.8) is 0 Å². The summed E-state index contributed by atoms with van der Waals surface area (Å²) in [5.74, 6) is 0.550. The van der Waals surface area contributed by atoms with Gasteiger partial charge in [-0.2, -0.15) is 0 Å². The summed E-state index contributed by atoms with van der Waals surface area (Å²) in [5, 5.41) is 6.40. The summed E-state index contributed by atoms with van der Waals surface area (Å²) in [4.78, 5) is 18.4. The molecule has 1 fully saturated rings. The fraction of sp³-hybridized carbons (Fsp3) is 0.714. The number of hydrogen-bond acceptors (Lipinski definition) is 5. The Morgan fingerprint density at radius 3 is 2.95 bits per heavy atom. The summed E-state index contributed by atoms with van der Waals surface area (Å²) < 4.78 is 5.56. The van der Waals surface area contributed by atoms with Crippen LogP contribution in [0.3, 0.4) is 0 Å². The summed E-state index contributed by atoms with van der Waals surface area (Å²) in [6.07, 6.45) is 0.436. The molecule has 2 rings (SSSR count). The van der Waals surface area contributed by atoms with E-state index in [2.05, 4.69) is 24.1 Å². The molecule has 1 amide bonds. The van der Waals surface area contributed by atoms with Gasteiger partial charge in [0.25, 0.3) is 0 Å². The molecule has 0 aliphatic carbocycles. The Morgan fingerprint density at radius 2 is 2.38 bits per heavy atom. The minimum atomic E-state index is 0. The molecule has 1 N–H and O–H groups in total. The minimum absolute atomic E-state index is 0. The second-order valence-corrected chi connectivity index (χ2v) is 6.37. The van der Waals surface area contributed by atoms with Crippen LogP contribution in [-0.4, -0.2) is 48.6 Å². The molecule has 1 aliphatic rings. The molecule has 120 valence electrons. The number of morpholine rings is 1. The molecule has 1 aliphatic heterocycles. The van der Waals surface area contributed by atoms with Crippen LogP contribution in [0.25, 0.3) is 0 Å². The van der Waals surface area contributed by atoms with Crippen LogP contribution in [-0.2, 0) is 16.1 Å². The topological polar surface area (TPSA) is 54.5 Å². The highest BCUT2D eigenvalue weighted by Gasteiger charge is 2.20. The van der Waals surface area contributed by atoms with E-state index in [1.54, 1.807) is 16.2 Å². The quantitative estimate of drug-likeness (QED) is 0.895. The maximum Gasteiger partial charge on any atom is 0.225 e. The van der Waals surface area contributed by atoms with E-state index in [1.165, 1.54) is 0 Å². The number of halogens is 1. The SMILES string of the molecule is CC(C)c1nc(CN(C)C(=O)CC2CNCCO2)cs1.Cl. The highest BCUT2D eigenvalue weighted by molar-refractivity contribution is 7.09. The van der Waals surface area contributed by atoms with E-state index in [4.69, 9.17) is 4.74 Å². The molecule has 0 spiro atoms. The molecule has 1 aromatic rings. The molecule has 5 nitrogen and oxygen atoms in total. The zero-order chi connectivity index (χ0) is 14.5. The van der Waals surface area contributed by atoms with E-state index in [1.807, 2.05) is 12.4 Å². The highest BCUT2D eigenvalue weighted by atomic mass is 35.5. The van der Waals surface area contributed by atoms with Gasteiger partial charge in [0.05, 0.1) is 36.4 Å². The van der Waals surface area contributed by atoms with Crippen molar-refractivity contribution in [1.82, 2.24) is 15.2 Å². The summed E-state index contributed by atoms with van der Waals surface area (Å²) >= 11 is 1.66. The van der Waals surface area contributed by atoms with Crippen LogP contribution in [0.5, 0.6) is 0 Å². The van der Waals surface area contributed by atoms with Gasteiger partial charge >= 0.3 is 0 Å². The minimum Gasteiger partial charge on any atom is -0.375 e. The van der Waals surface area contributed by atoms with E-state index in [0.29, 0.717) is 25.5 Å². The van der Waals surface area contributed by atoms with Gasteiger partial charge in [-0.3, -0.25) is 4.79 Å². The van der Waals surface area contributed by atoms with E-state index in [9.17, 15) is 4.79 Å². The van der Waals surface area contributed by atoms with Gasteiger partial charge in [0.2, 0.25) is 5.91 Å². The van der Waals surface area contributed by atoms with Crippen molar-refractivity contribution in [2.24, 2.45) is 0 Å². The van der Waals surface area contributed by atoms with E-state index in [0.717, 1.165) is 23.8 Å². The molecular formula is C14H24ClN3O2S. The normalized spacial score (nSPS) is 18.4. The van der Waals surface area contributed by atoms with Gasteiger partial charge in [0, 0.05) is 31.4 Å². The second kappa shape index (κ2) is 8.68. The molecule has 0 saturated carbocycles. The third-order valence-corrected chi connectivity index (χ3v) is 4.49. The van der Waals surface area contributed by atoms with Gasteiger partial charge < -0.3 is 15.0 Å². The van der Waals surface area contributed by atoms with Gasteiger partial charge in [-0.25, -0.2) is 4.98 Å². The number of nitrogens with zero attached hydrogens (tertiary/aromatic N) is 2. The largest absolute Gasteiger partial charge is 0.375 e. The summed E-state index contributed by atoms with van der Waals surface area (Å²) in [5.41, 5.74) is 0.970. The fourth-order valence-corrected chi connectivity index (χ4v) is 2.92. The smallest absolute Gasteiger partial charge is 0.225 e. The Kier molecular flexibility index (Phi) is 7.59. The monoisotopic (exact) mass is 333 g/mol. The van der Waals surface area contributed by atoms with Crippen LogP contribution in [0.2, 0.25) is 0 Å². The zero-order valence-electron chi connectivity index (χ0n) is 12.8. The van der Waals surface area contributed by atoms with Crippen LogP contribution >= 0.6 is 23.7 Å². The van der Waals surface area contributed by atoms with Crippen molar-refractivity contribution >= 4 is 29.7 Å². The Bertz CT molecular complexity index is 447. The van der Waals surface area contributed by atoms with Crippen LogP contribution in [0.4, 0.5) is 0 Å². The molecule has 0 radical (unpaired) electrons. The first kappa shape index (κ1) is 18.4.